The maximum absolute atomic E-state index is 11.7. The Kier molecular flexibility index (Phi) is 3.83. The molecule has 1 aromatic carbocycles. The maximum Gasteiger partial charge on any atom is 0.238 e. The molecule has 11 heteroatoms. The fraction of sp³-hybridized carbons (Fsp3) is 0.167. The van der Waals surface area contributed by atoms with Crippen LogP contribution in [-0.4, -0.2) is 34.5 Å². The molecule has 0 unspecified atom stereocenters. The first-order valence-corrected chi connectivity index (χ1v) is 10.4. The van der Waals surface area contributed by atoms with Gasteiger partial charge in [-0.25, -0.2) is 18.5 Å². The molecule has 4 N–H and O–H groups in total. The number of sulfonamides is 1. The van der Waals surface area contributed by atoms with Crippen LogP contribution >= 0.6 is 0 Å². The van der Waals surface area contributed by atoms with E-state index in [9.17, 15) is 8.42 Å². The highest BCUT2D eigenvalue weighted by Gasteiger charge is 2.22. The lowest BCUT2D eigenvalue weighted by molar-refractivity contribution is 0.577. The highest BCUT2D eigenvalue weighted by Crippen LogP contribution is 2.27. The minimum atomic E-state index is -3.76. The van der Waals surface area contributed by atoms with Crippen molar-refractivity contribution in [3.63, 3.8) is 0 Å². The number of nitrogens with zero attached hydrogens (tertiary/aromatic N) is 5. The molecule has 0 spiro atoms. The van der Waals surface area contributed by atoms with Crippen LogP contribution in [0, 0.1) is 0 Å². The summed E-state index contributed by atoms with van der Waals surface area (Å²) in [4.78, 5) is 11.1. The third kappa shape index (κ3) is 3.09. The molecular formula is C18H17N7O3S. The number of hydrogen-bond acceptors (Lipinski definition) is 8. The average molecular weight is 411 g/mol. The molecule has 0 amide bonds. The van der Waals surface area contributed by atoms with E-state index in [1.54, 1.807) is 36.6 Å². The van der Waals surface area contributed by atoms with Gasteiger partial charge in [0.1, 0.15) is 5.82 Å². The smallest absolute Gasteiger partial charge is 0.238 e. The zero-order valence-electron chi connectivity index (χ0n) is 15.2. The molecule has 29 heavy (non-hydrogen) atoms. The molecular weight excluding hydrogens is 394 g/mol. The summed E-state index contributed by atoms with van der Waals surface area (Å²) in [6, 6.07) is 10.3. The quantitative estimate of drug-likeness (QED) is 0.511. The molecule has 4 aromatic rings. The van der Waals surface area contributed by atoms with Gasteiger partial charge in [-0.1, -0.05) is 6.07 Å². The summed E-state index contributed by atoms with van der Waals surface area (Å²) < 4.78 is 30.1. The van der Waals surface area contributed by atoms with Crippen molar-refractivity contribution in [3.8, 4) is 11.6 Å². The van der Waals surface area contributed by atoms with Gasteiger partial charge in [0, 0.05) is 19.2 Å². The molecule has 10 nitrogen and oxygen atoms in total. The van der Waals surface area contributed by atoms with Gasteiger partial charge in [-0.3, -0.25) is 0 Å². The normalized spacial score (nSPS) is 14.3. The van der Waals surface area contributed by atoms with Crippen LogP contribution in [0.3, 0.4) is 0 Å². The van der Waals surface area contributed by atoms with Crippen molar-refractivity contribution >= 4 is 27.4 Å². The molecule has 1 aliphatic heterocycles. The van der Waals surface area contributed by atoms with Crippen molar-refractivity contribution in [1.82, 2.24) is 19.6 Å². The zero-order valence-corrected chi connectivity index (χ0v) is 16.0. The van der Waals surface area contributed by atoms with Crippen LogP contribution in [0.2, 0.25) is 0 Å². The number of anilines is 2. The van der Waals surface area contributed by atoms with Crippen LogP contribution in [0.15, 0.2) is 52.0 Å². The minimum absolute atomic E-state index is 0.0987. The van der Waals surface area contributed by atoms with Crippen LogP contribution in [-0.2, 0) is 23.0 Å². The van der Waals surface area contributed by atoms with Gasteiger partial charge in [0.05, 0.1) is 11.2 Å². The summed E-state index contributed by atoms with van der Waals surface area (Å²) in [6.45, 7) is 1.20. The van der Waals surface area contributed by atoms with E-state index in [0.717, 1.165) is 17.5 Å². The van der Waals surface area contributed by atoms with E-state index >= 15 is 0 Å². The third-order valence-corrected chi connectivity index (χ3v) is 5.83. The molecule has 4 heterocycles. The first-order valence-electron chi connectivity index (χ1n) is 8.85. The van der Waals surface area contributed by atoms with Crippen molar-refractivity contribution < 1.29 is 12.8 Å². The lowest BCUT2D eigenvalue weighted by Gasteiger charge is -2.30. The molecule has 0 aliphatic carbocycles. The van der Waals surface area contributed by atoms with E-state index in [2.05, 4.69) is 15.1 Å². The maximum atomic E-state index is 11.7. The SMILES string of the molecule is Nc1nc(N2CCc3ccc(S(N)(=O)=O)cc3C2)cc2nc(-c3ccco3)nn12. The predicted molar refractivity (Wildman–Crippen MR) is 105 cm³/mol. The topological polar surface area (TPSA) is 146 Å². The van der Waals surface area contributed by atoms with Crippen LogP contribution < -0.4 is 15.8 Å². The van der Waals surface area contributed by atoms with E-state index in [0.29, 0.717) is 36.1 Å². The first-order chi connectivity index (χ1) is 13.9. The molecule has 0 radical (unpaired) electrons. The summed E-state index contributed by atoms with van der Waals surface area (Å²) in [7, 11) is -3.76. The molecule has 148 valence electrons. The van der Waals surface area contributed by atoms with Gasteiger partial charge in [-0.2, -0.15) is 9.50 Å². The Morgan fingerprint density at radius 2 is 1.97 bits per heavy atom. The molecule has 5 rings (SSSR count). The number of benzene rings is 1. The van der Waals surface area contributed by atoms with Crippen molar-refractivity contribution in [3.05, 3.63) is 53.8 Å². The van der Waals surface area contributed by atoms with Gasteiger partial charge in [0.15, 0.2) is 11.4 Å². The van der Waals surface area contributed by atoms with Gasteiger partial charge in [0.25, 0.3) is 0 Å². The summed E-state index contributed by atoms with van der Waals surface area (Å²) >= 11 is 0. The highest BCUT2D eigenvalue weighted by atomic mass is 32.2. The molecule has 1 aliphatic rings. The van der Waals surface area contributed by atoms with E-state index in [4.69, 9.17) is 15.3 Å². The molecule has 3 aromatic heterocycles. The minimum Gasteiger partial charge on any atom is -0.461 e. The second-order valence-electron chi connectivity index (χ2n) is 6.80. The summed E-state index contributed by atoms with van der Waals surface area (Å²) in [6.07, 6.45) is 2.30. The number of aromatic nitrogens is 4. The largest absolute Gasteiger partial charge is 0.461 e. The van der Waals surface area contributed by atoms with Crippen molar-refractivity contribution in [2.45, 2.75) is 17.9 Å². The Labute approximate surface area is 165 Å². The number of primary sulfonamides is 1. The van der Waals surface area contributed by atoms with Gasteiger partial charge in [-0.05, 0) is 41.8 Å². The number of rotatable bonds is 3. The Morgan fingerprint density at radius 1 is 1.10 bits per heavy atom. The van der Waals surface area contributed by atoms with Crippen LogP contribution in [0.5, 0.6) is 0 Å². The predicted octanol–water partition coefficient (Wildman–Crippen LogP) is 1.18. The zero-order chi connectivity index (χ0) is 20.2. The van der Waals surface area contributed by atoms with E-state index in [1.807, 2.05) is 11.0 Å². The lowest BCUT2D eigenvalue weighted by Crippen LogP contribution is -2.31. The van der Waals surface area contributed by atoms with Crippen molar-refractivity contribution in [1.29, 1.82) is 0 Å². The number of fused-ring (bicyclic) bond motifs is 2. The fourth-order valence-corrected chi connectivity index (χ4v) is 4.04. The Morgan fingerprint density at radius 3 is 2.72 bits per heavy atom. The van der Waals surface area contributed by atoms with Crippen LogP contribution in [0.4, 0.5) is 11.8 Å². The number of hydrogen-bond donors (Lipinski definition) is 2. The van der Waals surface area contributed by atoms with E-state index < -0.39 is 10.0 Å². The monoisotopic (exact) mass is 411 g/mol. The van der Waals surface area contributed by atoms with Crippen LogP contribution in [0.1, 0.15) is 11.1 Å². The first kappa shape index (κ1) is 17.6. The number of furan rings is 1. The summed E-state index contributed by atoms with van der Waals surface area (Å²) in [5, 5.41) is 9.61. The van der Waals surface area contributed by atoms with Crippen molar-refractivity contribution in [2.24, 2.45) is 5.14 Å². The summed E-state index contributed by atoms with van der Waals surface area (Å²) in [5.74, 6) is 1.80. The number of nitrogens with two attached hydrogens (primary N) is 2. The second-order valence-corrected chi connectivity index (χ2v) is 8.36. The van der Waals surface area contributed by atoms with Gasteiger partial charge in [0.2, 0.25) is 21.8 Å². The fourth-order valence-electron chi connectivity index (χ4n) is 3.48. The lowest BCUT2D eigenvalue weighted by atomic mass is 10.00. The third-order valence-electron chi connectivity index (χ3n) is 4.92. The highest BCUT2D eigenvalue weighted by molar-refractivity contribution is 7.89. The molecule has 0 fully saturated rings. The van der Waals surface area contributed by atoms with E-state index in [-0.39, 0.29) is 10.8 Å². The van der Waals surface area contributed by atoms with Gasteiger partial charge in [-0.15, -0.1) is 5.10 Å². The van der Waals surface area contributed by atoms with E-state index in [1.165, 1.54) is 4.52 Å². The molecule has 0 bridgehead atoms. The Hall–Kier alpha value is -3.44. The van der Waals surface area contributed by atoms with Gasteiger partial charge < -0.3 is 15.1 Å². The summed E-state index contributed by atoms with van der Waals surface area (Å²) in [5.41, 5.74) is 8.62. The second kappa shape index (κ2) is 6.29. The Balaban J connectivity index is 1.51. The van der Waals surface area contributed by atoms with Crippen molar-refractivity contribution in [2.75, 3.05) is 17.2 Å². The molecule has 0 saturated carbocycles. The Bertz CT molecular complexity index is 1330. The molecule has 0 atom stereocenters. The van der Waals surface area contributed by atoms with Crippen LogP contribution in [0.25, 0.3) is 17.2 Å². The number of nitrogen functional groups attached to an aromatic ring is 1. The average Bonchev–Trinajstić information content (AvgIpc) is 3.36. The molecule has 0 saturated heterocycles. The van der Waals surface area contributed by atoms with Gasteiger partial charge >= 0.3 is 0 Å². The standard InChI is InChI=1S/C18H17N7O3S/c19-18-22-15(9-16-21-17(23-25(16)18)14-2-1-7-28-14)24-6-5-11-3-4-13(29(20,26)27)8-12(11)10-24/h1-4,7-9H,5-6,10H2,(H2,19,22)(H2,20,26,27).